The van der Waals surface area contributed by atoms with Crippen molar-refractivity contribution >= 4 is 46.5 Å². The smallest absolute Gasteiger partial charge is 0.0521 e. The van der Waals surface area contributed by atoms with Crippen molar-refractivity contribution < 1.29 is 8.76 Å². The molecule has 5 heteroatoms. The van der Waals surface area contributed by atoms with E-state index in [-0.39, 0.29) is 29.6 Å². The molecule has 0 aliphatic carbocycles. The van der Waals surface area contributed by atoms with Crippen molar-refractivity contribution in [2.45, 2.75) is 39.5 Å². The van der Waals surface area contributed by atoms with Crippen LogP contribution in [0.25, 0.3) is 0 Å². The first-order chi connectivity index (χ1) is 7.43. The molecule has 1 atom stereocenters. The average Bonchev–Trinajstić information content (AvgIpc) is 2.16. The second-order valence-electron chi connectivity index (χ2n) is 4.46. The molecule has 1 aromatic rings. The van der Waals surface area contributed by atoms with Gasteiger partial charge in [0.1, 0.15) is 0 Å². The molecule has 0 saturated heterocycles. The zero-order chi connectivity index (χ0) is 12.3. The predicted octanol–water partition coefficient (Wildman–Crippen LogP) is 2.76. The van der Waals surface area contributed by atoms with E-state index in [9.17, 15) is 8.76 Å². The van der Waals surface area contributed by atoms with E-state index in [1.165, 1.54) is 0 Å². The molecule has 0 spiro atoms. The zero-order valence-electron chi connectivity index (χ0n) is 11.1. The van der Waals surface area contributed by atoms with E-state index < -0.39 is 11.3 Å². The van der Waals surface area contributed by atoms with Gasteiger partial charge in [-0.3, -0.25) is 4.21 Å². The molecule has 0 aliphatic rings. The maximum absolute atomic E-state index is 10.8. The van der Waals surface area contributed by atoms with Gasteiger partial charge < -0.3 is 9.27 Å². The molecule has 0 heterocycles. The first-order valence-electron chi connectivity index (χ1n) is 5.42. The van der Waals surface area contributed by atoms with Gasteiger partial charge in [0.25, 0.3) is 0 Å². The number of nitrogens with one attached hydrogen (secondary N) is 1. The van der Waals surface area contributed by atoms with Crippen LogP contribution in [0, 0.1) is 0 Å². The van der Waals surface area contributed by atoms with E-state index in [4.69, 9.17) is 0 Å². The number of hydrogen-bond acceptors (Lipinski definition) is 2. The third kappa shape index (κ3) is 4.72. The summed E-state index contributed by atoms with van der Waals surface area (Å²) in [6.45, 7) is 8.22. The van der Waals surface area contributed by atoms with Gasteiger partial charge in [-0.2, -0.15) is 0 Å². The van der Waals surface area contributed by atoms with E-state index >= 15 is 0 Å². The fraction of sp³-hybridized carbons (Fsp3) is 0.500. The Morgan fingerprint density at radius 3 is 1.82 bits per heavy atom. The van der Waals surface area contributed by atoms with Crippen LogP contribution in [-0.2, 0) is 11.3 Å². The van der Waals surface area contributed by atoms with Gasteiger partial charge >= 0.3 is 0 Å². The molecule has 3 nitrogen and oxygen atoms in total. The Morgan fingerprint density at radius 1 is 1.12 bits per heavy atom. The first-order valence-corrected chi connectivity index (χ1v) is 6.49. The Hall–Kier alpha value is 0.130. The minimum Gasteiger partial charge on any atom is -0.755 e. The van der Waals surface area contributed by atoms with Crippen molar-refractivity contribution in [1.82, 2.24) is 0 Å². The number of hydrogen-bond donors (Lipinski definition) is 1. The molecule has 0 aromatic heterocycles. The molecule has 17 heavy (non-hydrogen) atoms. The summed E-state index contributed by atoms with van der Waals surface area (Å²) in [5, 5.41) is 0. The molecule has 0 bridgehead atoms. The van der Waals surface area contributed by atoms with Crippen LogP contribution < -0.4 is 4.72 Å². The fourth-order valence-electron chi connectivity index (χ4n) is 1.75. The van der Waals surface area contributed by atoms with Crippen LogP contribution in [0.15, 0.2) is 18.2 Å². The van der Waals surface area contributed by atoms with Gasteiger partial charge in [0, 0.05) is 40.8 Å². The molecule has 1 radical (unpaired) electrons. The minimum absolute atomic E-state index is 0. The minimum atomic E-state index is -2.27. The van der Waals surface area contributed by atoms with Crippen LogP contribution in [0.3, 0.4) is 0 Å². The Kier molecular flexibility index (Phi) is 7.60. The number of para-hydroxylation sites is 1. The van der Waals surface area contributed by atoms with Crippen LogP contribution >= 0.6 is 0 Å². The van der Waals surface area contributed by atoms with Crippen LogP contribution in [0.4, 0.5) is 5.69 Å². The van der Waals surface area contributed by atoms with E-state index in [1.807, 2.05) is 18.2 Å². The van der Waals surface area contributed by atoms with Crippen molar-refractivity contribution in [2.75, 3.05) is 4.72 Å². The van der Waals surface area contributed by atoms with Gasteiger partial charge in [-0.1, -0.05) is 45.9 Å². The van der Waals surface area contributed by atoms with Crippen LogP contribution in [-0.4, -0.2) is 38.3 Å². The molecule has 1 unspecified atom stereocenters. The van der Waals surface area contributed by atoms with Gasteiger partial charge in [0.2, 0.25) is 0 Å². The second-order valence-corrected chi connectivity index (χ2v) is 5.13. The summed E-state index contributed by atoms with van der Waals surface area (Å²) < 4.78 is 24.1. The molecule has 1 N–H and O–H groups in total. The van der Waals surface area contributed by atoms with E-state index in [0.29, 0.717) is 11.8 Å². The van der Waals surface area contributed by atoms with Gasteiger partial charge in [-0.05, 0) is 23.0 Å². The van der Waals surface area contributed by atoms with Crippen LogP contribution in [0.1, 0.15) is 50.7 Å². The maximum atomic E-state index is 10.8. The standard InChI is InChI=1S/C12H19NO2S.Na/c1-8(2)10-6-5-7-11(9(3)4)12(10)13-16(14)15;/h5-9,13H,1-4H3,(H,14,15);/p-1. The third-order valence-corrected chi connectivity index (χ3v) is 2.93. The summed E-state index contributed by atoms with van der Waals surface area (Å²) in [6.07, 6.45) is 0. The zero-order valence-corrected chi connectivity index (χ0v) is 13.9. The van der Waals surface area contributed by atoms with Crippen molar-refractivity contribution in [3.05, 3.63) is 29.3 Å². The molecule has 1 rings (SSSR count). The monoisotopic (exact) mass is 263 g/mol. The molecule has 0 amide bonds. The van der Waals surface area contributed by atoms with Crippen LogP contribution in [0.5, 0.6) is 0 Å². The third-order valence-electron chi connectivity index (χ3n) is 2.56. The van der Waals surface area contributed by atoms with Crippen molar-refractivity contribution in [3.63, 3.8) is 0 Å². The molecular formula is C12H18NNaO2S-. The number of benzene rings is 1. The normalized spacial score (nSPS) is 12.4. The van der Waals surface area contributed by atoms with Gasteiger partial charge in [-0.25, -0.2) is 0 Å². The largest absolute Gasteiger partial charge is 0.755 e. The average molecular weight is 263 g/mol. The Bertz CT molecular complexity index is 368. The van der Waals surface area contributed by atoms with E-state index in [2.05, 4.69) is 32.4 Å². The van der Waals surface area contributed by atoms with E-state index in [1.54, 1.807) is 0 Å². The molecule has 1 aromatic carbocycles. The summed E-state index contributed by atoms with van der Waals surface area (Å²) in [5.41, 5.74) is 2.81. The van der Waals surface area contributed by atoms with Crippen molar-refractivity contribution in [2.24, 2.45) is 0 Å². The molecule has 91 valence electrons. The summed E-state index contributed by atoms with van der Waals surface area (Å²) in [4.78, 5) is 0. The topological polar surface area (TPSA) is 52.2 Å². The molecule has 0 saturated carbocycles. The van der Waals surface area contributed by atoms with Gasteiger partial charge in [-0.15, -0.1) is 0 Å². The van der Waals surface area contributed by atoms with Gasteiger partial charge in [0.15, 0.2) is 0 Å². The summed E-state index contributed by atoms with van der Waals surface area (Å²) in [7, 11) is 0. The Balaban J connectivity index is 0.00000256. The number of rotatable bonds is 4. The van der Waals surface area contributed by atoms with Crippen LogP contribution in [0.2, 0.25) is 0 Å². The Morgan fingerprint density at radius 2 is 1.53 bits per heavy atom. The SMILES string of the molecule is CC(C)c1cccc(C(C)C)c1NS(=O)[O-].[Na]. The second kappa shape index (κ2) is 7.54. The summed E-state index contributed by atoms with van der Waals surface area (Å²) in [5.74, 6) is 0.592. The predicted molar refractivity (Wildman–Crippen MR) is 72.9 cm³/mol. The molecule has 0 fully saturated rings. The summed E-state index contributed by atoms with van der Waals surface area (Å²) >= 11 is -2.27. The van der Waals surface area contributed by atoms with Crippen molar-refractivity contribution in [1.29, 1.82) is 0 Å². The van der Waals surface area contributed by atoms with Gasteiger partial charge in [0.05, 0.1) is 5.69 Å². The summed E-state index contributed by atoms with van der Waals surface area (Å²) in [6, 6.07) is 5.90. The van der Waals surface area contributed by atoms with E-state index in [0.717, 1.165) is 16.8 Å². The molecular weight excluding hydrogens is 245 g/mol. The fourth-order valence-corrected chi connectivity index (χ4v) is 2.15. The molecule has 0 aliphatic heterocycles. The number of anilines is 1. The van der Waals surface area contributed by atoms with Crippen molar-refractivity contribution in [3.8, 4) is 0 Å². The first kappa shape index (κ1) is 17.1. The maximum Gasteiger partial charge on any atom is 0.0521 e. The Labute approximate surface area is 128 Å². The quantitative estimate of drug-likeness (QED) is 0.671.